The summed E-state index contributed by atoms with van der Waals surface area (Å²) in [6.45, 7) is 7.77. The molecule has 90 valence electrons. The number of piperidine rings is 1. The third-order valence-electron chi connectivity index (χ3n) is 3.27. The van der Waals surface area contributed by atoms with Gasteiger partial charge >= 0.3 is 0 Å². The number of nitrogens with two attached hydrogens (primary N) is 1. The van der Waals surface area contributed by atoms with Gasteiger partial charge in [0.2, 0.25) is 0 Å². The molecule has 16 heavy (non-hydrogen) atoms. The van der Waals surface area contributed by atoms with Crippen molar-refractivity contribution in [2.24, 2.45) is 11.7 Å². The smallest absolute Gasteiger partial charge is 0.0797 e. The number of hydrogen-bond donors (Lipinski definition) is 1. The van der Waals surface area contributed by atoms with E-state index in [0.29, 0.717) is 6.04 Å². The van der Waals surface area contributed by atoms with E-state index in [0.717, 1.165) is 25.4 Å². The highest BCUT2D eigenvalue weighted by atomic mass is 32.1. The molecule has 0 spiro atoms. The lowest BCUT2D eigenvalue weighted by Crippen LogP contribution is -2.46. The molecule has 2 heterocycles. The van der Waals surface area contributed by atoms with Crippen LogP contribution in [0, 0.1) is 12.8 Å². The minimum Gasteiger partial charge on any atom is -0.327 e. The predicted octanol–water partition coefficient (Wildman–Crippen LogP) is 1.66. The van der Waals surface area contributed by atoms with Crippen molar-refractivity contribution in [2.45, 2.75) is 32.7 Å². The maximum absolute atomic E-state index is 6.04. The zero-order valence-corrected chi connectivity index (χ0v) is 11.0. The summed E-state index contributed by atoms with van der Waals surface area (Å²) in [6, 6.07) is 0.367. The molecular formula is C12H21N3S. The Morgan fingerprint density at radius 2 is 2.38 bits per heavy atom. The van der Waals surface area contributed by atoms with E-state index in [1.807, 2.05) is 5.51 Å². The van der Waals surface area contributed by atoms with Crippen molar-refractivity contribution >= 4 is 11.3 Å². The van der Waals surface area contributed by atoms with Gasteiger partial charge in [0.05, 0.1) is 11.2 Å². The van der Waals surface area contributed by atoms with Crippen LogP contribution in [0.4, 0.5) is 0 Å². The van der Waals surface area contributed by atoms with E-state index in [2.05, 4.69) is 23.7 Å². The summed E-state index contributed by atoms with van der Waals surface area (Å²) in [4.78, 5) is 8.21. The molecule has 1 aliphatic rings. The van der Waals surface area contributed by atoms with E-state index in [4.69, 9.17) is 5.73 Å². The minimum atomic E-state index is 0.367. The van der Waals surface area contributed by atoms with Crippen molar-refractivity contribution in [1.82, 2.24) is 9.88 Å². The lowest BCUT2D eigenvalue weighted by molar-refractivity contribution is 0.167. The molecule has 1 aromatic rings. The average Bonchev–Trinajstić information content (AvgIpc) is 2.59. The number of likely N-dealkylation sites (tertiary alicyclic amines) is 1. The minimum absolute atomic E-state index is 0.367. The first-order valence-electron chi connectivity index (χ1n) is 6.02. The number of rotatable bonds is 3. The number of aryl methyl sites for hydroxylation is 1. The molecule has 1 aliphatic heterocycles. The summed E-state index contributed by atoms with van der Waals surface area (Å²) in [5, 5.41) is 0. The second-order valence-corrected chi connectivity index (χ2v) is 5.91. The summed E-state index contributed by atoms with van der Waals surface area (Å²) in [5.41, 5.74) is 9.18. The van der Waals surface area contributed by atoms with E-state index in [-0.39, 0.29) is 0 Å². The van der Waals surface area contributed by atoms with E-state index in [1.165, 1.54) is 23.5 Å². The maximum atomic E-state index is 6.04. The van der Waals surface area contributed by atoms with Gasteiger partial charge in [-0.25, -0.2) is 4.98 Å². The van der Waals surface area contributed by atoms with Crippen LogP contribution in [0.15, 0.2) is 5.51 Å². The zero-order valence-electron chi connectivity index (χ0n) is 10.1. The number of thiazole rings is 1. The Bertz CT molecular complexity index is 327. The van der Waals surface area contributed by atoms with E-state index >= 15 is 0 Å². The number of hydrogen-bond acceptors (Lipinski definition) is 4. The van der Waals surface area contributed by atoms with E-state index in [1.54, 1.807) is 11.3 Å². The van der Waals surface area contributed by atoms with Crippen LogP contribution in [0.3, 0.4) is 0 Å². The Morgan fingerprint density at radius 1 is 1.56 bits per heavy atom. The average molecular weight is 239 g/mol. The van der Waals surface area contributed by atoms with Crippen LogP contribution in [-0.4, -0.2) is 35.6 Å². The molecule has 3 nitrogen and oxygen atoms in total. The predicted molar refractivity (Wildman–Crippen MR) is 68.8 cm³/mol. The monoisotopic (exact) mass is 239 g/mol. The molecular weight excluding hydrogens is 218 g/mol. The SMILES string of the molecule is Cc1ncsc1CCN1CC(C)CC(N)C1. The van der Waals surface area contributed by atoms with Crippen LogP contribution in [0.25, 0.3) is 0 Å². The molecule has 2 N–H and O–H groups in total. The summed E-state index contributed by atoms with van der Waals surface area (Å²) in [7, 11) is 0. The summed E-state index contributed by atoms with van der Waals surface area (Å²) >= 11 is 1.77. The lowest BCUT2D eigenvalue weighted by Gasteiger charge is -2.34. The van der Waals surface area contributed by atoms with Crippen LogP contribution in [0.1, 0.15) is 23.9 Å². The second kappa shape index (κ2) is 5.25. The first-order valence-corrected chi connectivity index (χ1v) is 6.90. The molecule has 2 atom stereocenters. The fourth-order valence-corrected chi connectivity index (χ4v) is 3.29. The highest BCUT2D eigenvalue weighted by Crippen LogP contribution is 2.17. The van der Waals surface area contributed by atoms with E-state index in [9.17, 15) is 0 Å². The van der Waals surface area contributed by atoms with Gasteiger partial charge in [-0.15, -0.1) is 11.3 Å². The zero-order chi connectivity index (χ0) is 11.5. The molecule has 0 aliphatic carbocycles. The Morgan fingerprint density at radius 3 is 3.00 bits per heavy atom. The largest absolute Gasteiger partial charge is 0.327 e. The fraction of sp³-hybridized carbons (Fsp3) is 0.750. The molecule has 0 aromatic carbocycles. The molecule has 1 fully saturated rings. The molecule has 0 radical (unpaired) electrons. The van der Waals surface area contributed by atoms with Crippen LogP contribution >= 0.6 is 11.3 Å². The van der Waals surface area contributed by atoms with Gasteiger partial charge in [-0.2, -0.15) is 0 Å². The molecule has 1 saturated heterocycles. The summed E-state index contributed by atoms with van der Waals surface area (Å²) in [5.74, 6) is 0.742. The van der Waals surface area contributed by atoms with Gasteiger partial charge in [-0.3, -0.25) is 0 Å². The van der Waals surface area contributed by atoms with Crippen molar-refractivity contribution in [3.63, 3.8) is 0 Å². The van der Waals surface area contributed by atoms with Crippen molar-refractivity contribution in [1.29, 1.82) is 0 Å². The van der Waals surface area contributed by atoms with Gasteiger partial charge in [-0.05, 0) is 25.7 Å². The molecule has 4 heteroatoms. The molecule has 0 saturated carbocycles. The first kappa shape index (κ1) is 12.0. The molecule has 0 amide bonds. The Kier molecular flexibility index (Phi) is 3.95. The van der Waals surface area contributed by atoms with Crippen LogP contribution in [-0.2, 0) is 6.42 Å². The van der Waals surface area contributed by atoms with Crippen molar-refractivity contribution in [3.8, 4) is 0 Å². The maximum Gasteiger partial charge on any atom is 0.0797 e. The van der Waals surface area contributed by atoms with Crippen LogP contribution < -0.4 is 5.73 Å². The van der Waals surface area contributed by atoms with Gasteiger partial charge in [-0.1, -0.05) is 6.92 Å². The molecule has 2 rings (SSSR count). The number of aromatic nitrogens is 1. The Labute approximate surface area is 102 Å². The third kappa shape index (κ3) is 3.03. The lowest BCUT2D eigenvalue weighted by atomic mass is 9.96. The second-order valence-electron chi connectivity index (χ2n) is 4.97. The summed E-state index contributed by atoms with van der Waals surface area (Å²) < 4.78 is 0. The molecule has 2 unspecified atom stereocenters. The third-order valence-corrected chi connectivity index (χ3v) is 4.26. The standard InChI is InChI=1S/C12H21N3S/c1-9-5-11(13)7-15(6-9)4-3-12-10(2)14-8-16-12/h8-9,11H,3-7,13H2,1-2H3. The van der Waals surface area contributed by atoms with Gasteiger partial charge in [0.1, 0.15) is 0 Å². The summed E-state index contributed by atoms with van der Waals surface area (Å²) in [6.07, 6.45) is 2.30. The normalized spacial score (nSPS) is 27.2. The van der Waals surface area contributed by atoms with E-state index < -0.39 is 0 Å². The Hall–Kier alpha value is -0.450. The van der Waals surface area contributed by atoms with Gasteiger partial charge < -0.3 is 10.6 Å². The molecule has 0 bridgehead atoms. The topological polar surface area (TPSA) is 42.2 Å². The fourth-order valence-electron chi connectivity index (χ4n) is 2.52. The van der Waals surface area contributed by atoms with Crippen LogP contribution in [0.5, 0.6) is 0 Å². The quantitative estimate of drug-likeness (QED) is 0.872. The van der Waals surface area contributed by atoms with Gasteiger partial charge in [0.15, 0.2) is 0 Å². The number of nitrogens with zero attached hydrogens (tertiary/aromatic N) is 2. The van der Waals surface area contributed by atoms with Gasteiger partial charge in [0, 0.05) is 30.6 Å². The highest BCUT2D eigenvalue weighted by Gasteiger charge is 2.21. The first-order chi connectivity index (χ1) is 7.65. The van der Waals surface area contributed by atoms with Crippen molar-refractivity contribution in [2.75, 3.05) is 19.6 Å². The van der Waals surface area contributed by atoms with Crippen molar-refractivity contribution in [3.05, 3.63) is 16.1 Å². The molecule has 1 aromatic heterocycles. The van der Waals surface area contributed by atoms with Crippen LogP contribution in [0.2, 0.25) is 0 Å². The van der Waals surface area contributed by atoms with Crippen molar-refractivity contribution < 1.29 is 0 Å². The highest BCUT2D eigenvalue weighted by molar-refractivity contribution is 7.09. The Balaban J connectivity index is 1.84. The van der Waals surface area contributed by atoms with Gasteiger partial charge in [0.25, 0.3) is 0 Å².